The molecule has 0 aliphatic rings. The number of urea groups is 1. The summed E-state index contributed by atoms with van der Waals surface area (Å²) >= 11 is 0. The fourth-order valence-corrected chi connectivity index (χ4v) is 1.58. The zero-order chi connectivity index (χ0) is 13.0. The maximum Gasteiger partial charge on any atom is 0.324 e. The molecule has 0 saturated heterocycles. The molecule has 0 atom stereocenters. The summed E-state index contributed by atoms with van der Waals surface area (Å²) in [6.07, 6.45) is 1.64. The Labute approximate surface area is 105 Å². The lowest BCUT2D eigenvalue weighted by Gasteiger charge is -2.09. The summed E-state index contributed by atoms with van der Waals surface area (Å²) in [6, 6.07) is 8.89. The van der Waals surface area contributed by atoms with Crippen LogP contribution in [-0.2, 0) is 13.6 Å². The quantitative estimate of drug-likeness (QED) is 0.766. The number of aryl methyl sites for hydroxylation is 1. The van der Waals surface area contributed by atoms with Crippen LogP contribution in [0.4, 0.5) is 16.3 Å². The zero-order valence-corrected chi connectivity index (χ0v) is 10.1. The van der Waals surface area contributed by atoms with Crippen LogP contribution in [0.3, 0.4) is 0 Å². The Morgan fingerprint density at radius 2 is 2.06 bits per heavy atom. The molecule has 0 saturated carbocycles. The average molecular weight is 245 g/mol. The predicted octanol–water partition coefficient (Wildman–Crippen LogP) is 1.52. The summed E-state index contributed by atoms with van der Waals surface area (Å²) in [4.78, 5) is 11.8. The summed E-state index contributed by atoms with van der Waals surface area (Å²) in [7, 11) is 1.75. The van der Waals surface area contributed by atoms with Gasteiger partial charge in [0.15, 0.2) is 0 Å². The Bertz CT molecular complexity index is 535. The van der Waals surface area contributed by atoms with E-state index in [0.717, 1.165) is 11.3 Å². The number of carbonyl (C=O) groups is 1. The average Bonchev–Trinajstić information content (AvgIpc) is 2.72. The van der Waals surface area contributed by atoms with Gasteiger partial charge in [0.1, 0.15) is 5.82 Å². The van der Waals surface area contributed by atoms with Gasteiger partial charge in [0.2, 0.25) is 0 Å². The van der Waals surface area contributed by atoms with Crippen molar-refractivity contribution in [3.63, 3.8) is 0 Å². The minimum Gasteiger partial charge on any atom is -0.326 e. The fraction of sp³-hybridized carbons (Fsp3) is 0.167. The van der Waals surface area contributed by atoms with Crippen LogP contribution < -0.4 is 16.4 Å². The van der Waals surface area contributed by atoms with E-state index in [0.29, 0.717) is 12.4 Å². The third-order valence-corrected chi connectivity index (χ3v) is 2.50. The largest absolute Gasteiger partial charge is 0.326 e. The van der Waals surface area contributed by atoms with Crippen LogP contribution in [-0.4, -0.2) is 15.8 Å². The van der Waals surface area contributed by atoms with E-state index in [4.69, 9.17) is 5.73 Å². The van der Waals surface area contributed by atoms with Gasteiger partial charge in [-0.05, 0) is 12.1 Å². The molecule has 2 amide bonds. The molecule has 2 rings (SSSR count). The summed E-state index contributed by atoms with van der Waals surface area (Å²) in [5.41, 5.74) is 7.09. The summed E-state index contributed by atoms with van der Waals surface area (Å²) in [6.45, 7) is 0.328. The number of aromatic nitrogens is 2. The highest BCUT2D eigenvalue weighted by Gasteiger charge is 2.10. The normalized spacial score (nSPS) is 10.1. The summed E-state index contributed by atoms with van der Waals surface area (Å²) < 4.78 is 1.58. The monoisotopic (exact) mass is 245 g/mol. The molecule has 0 aliphatic heterocycles. The van der Waals surface area contributed by atoms with Gasteiger partial charge in [-0.15, -0.1) is 0 Å². The molecule has 2 aromatic rings. The van der Waals surface area contributed by atoms with Gasteiger partial charge >= 0.3 is 6.03 Å². The van der Waals surface area contributed by atoms with Gasteiger partial charge in [0.25, 0.3) is 0 Å². The van der Waals surface area contributed by atoms with E-state index < -0.39 is 0 Å². The molecule has 1 heterocycles. The van der Waals surface area contributed by atoms with Crippen LogP contribution in [0, 0.1) is 0 Å². The van der Waals surface area contributed by atoms with Crippen LogP contribution in [0.5, 0.6) is 0 Å². The first kappa shape index (κ1) is 12.1. The molecule has 0 spiro atoms. The van der Waals surface area contributed by atoms with Gasteiger partial charge in [0.05, 0.1) is 6.20 Å². The highest BCUT2D eigenvalue weighted by atomic mass is 16.2. The standard InChI is InChI=1S/C12H15N5O/c1-17-11(9(7-13)8-14-17)16-12(18)15-10-5-3-2-4-6-10/h2-6,8H,7,13H2,1H3,(H2,15,16,18). The number of rotatable bonds is 3. The lowest BCUT2D eigenvalue weighted by molar-refractivity contribution is 0.262. The molecular weight excluding hydrogens is 230 g/mol. The Hall–Kier alpha value is -2.34. The number of hydrogen-bond acceptors (Lipinski definition) is 3. The topological polar surface area (TPSA) is 85.0 Å². The van der Waals surface area contributed by atoms with E-state index in [2.05, 4.69) is 15.7 Å². The van der Waals surface area contributed by atoms with Gasteiger partial charge in [0, 0.05) is 24.8 Å². The molecule has 1 aromatic heterocycles. The van der Waals surface area contributed by atoms with E-state index in [9.17, 15) is 4.79 Å². The molecule has 6 heteroatoms. The number of hydrogen-bond donors (Lipinski definition) is 3. The molecule has 1 aromatic carbocycles. The minimum absolute atomic E-state index is 0.320. The third kappa shape index (κ3) is 2.67. The number of amides is 2. The van der Waals surface area contributed by atoms with Crippen molar-refractivity contribution in [1.82, 2.24) is 9.78 Å². The molecular formula is C12H15N5O. The van der Waals surface area contributed by atoms with Crippen molar-refractivity contribution in [1.29, 1.82) is 0 Å². The molecule has 94 valence electrons. The number of carbonyl (C=O) groups excluding carboxylic acids is 1. The lowest BCUT2D eigenvalue weighted by atomic mass is 10.3. The number of nitrogens with two attached hydrogens (primary N) is 1. The van der Waals surface area contributed by atoms with Crippen LogP contribution in [0.2, 0.25) is 0 Å². The Morgan fingerprint density at radius 3 is 2.72 bits per heavy atom. The maximum atomic E-state index is 11.8. The second kappa shape index (κ2) is 5.33. The summed E-state index contributed by atoms with van der Waals surface area (Å²) in [5.74, 6) is 0.603. The van der Waals surface area contributed by atoms with Gasteiger partial charge in [-0.3, -0.25) is 10.00 Å². The van der Waals surface area contributed by atoms with Crippen LogP contribution >= 0.6 is 0 Å². The highest BCUT2D eigenvalue weighted by Crippen LogP contribution is 2.13. The first-order chi connectivity index (χ1) is 8.70. The van der Waals surface area contributed by atoms with E-state index in [1.807, 2.05) is 30.3 Å². The molecule has 0 radical (unpaired) electrons. The Balaban J connectivity index is 2.05. The number of benzene rings is 1. The highest BCUT2D eigenvalue weighted by molar-refractivity contribution is 5.99. The second-order valence-electron chi connectivity index (χ2n) is 3.79. The molecule has 0 fully saturated rings. The molecule has 6 nitrogen and oxygen atoms in total. The van der Waals surface area contributed by atoms with Crippen molar-refractivity contribution in [3.8, 4) is 0 Å². The van der Waals surface area contributed by atoms with Crippen LogP contribution in [0.15, 0.2) is 36.5 Å². The first-order valence-electron chi connectivity index (χ1n) is 5.54. The zero-order valence-electron chi connectivity index (χ0n) is 10.1. The molecule has 0 aliphatic carbocycles. The number of nitrogens with zero attached hydrogens (tertiary/aromatic N) is 2. The third-order valence-electron chi connectivity index (χ3n) is 2.50. The van der Waals surface area contributed by atoms with Gasteiger partial charge in [-0.2, -0.15) is 5.10 Å². The number of para-hydroxylation sites is 1. The SMILES string of the molecule is Cn1ncc(CN)c1NC(=O)Nc1ccccc1. The molecule has 0 bridgehead atoms. The van der Waals surface area contributed by atoms with E-state index in [1.54, 1.807) is 17.9 Å². The smallest absolute Gasteiger partial charge is 0.324 e. The molecule has 4 N–H and O–H groups in total. The maximum absolute atomic E-state index is 11.8. The number of anilines is 2. The fourth-order valence-electron chi connectivity index (χ4n) is 1.58. The second-order valence-corrected chi connectivity index (χ2v) is 3.79. The van der Waals surface area contributed by atoms with E-state index in [-0.39, 0.29) is 6.03 Å². The van der Waals surface area contributed by atoms with E-state index in [1.165, 1.54) is 0 Å². The first-order valence-corrected chi connectivity index (χ1v) is 5.54. The van der Waals surface area contributed by atoms with Gasteiger partial charge < -0.3 is 11.1 Å². The predicted molar refractivity (Wildman–Crippen MR) is 70.2 cm³/mol. The summed E-state index contributed by atoms with van der Waals surface area (Å²) in [5, 5.41) is 9.50. The van der Waals surface area contributed by atoms with Crippen LogP contribution in [0.25, 0.3) is 0 Å². The molecule has 18 heavy (non-hydrogen) atoms. The van der Waals surface area contributed by atoms with Crippen molar-refractivity contribution < 1.29 is 4.79 Å². The van der Waals surface area contributed by atoms with E-state index >= 15 is 0 Å². The van der Waals surface area contributed by atoms with Crippen molar-refractivity contribution in [2.75, 3.05) is 10.6 Å². The Morgan fingerprint density at radius 1 is 1.33 bits per heavy atom. The van der Waals surface area contributed by atoms with Gasteiger partial charge in [-0.1, -0.05) is 18.2 Å². The van der Waals surface area contributed by atoms with Crippen molar-refractivity contribution in [3.05, 3.63) is 42.1 Å². The van der Waals surface area contributed by atoms with Crippen molar-refractivity contribution >= 4 is 17.5 Å². The van der Waals surface area contributed by atoms with Crippen molar-refractivity contribution in [2.45, 2.75) is 6.54 Å². The van der Waals surface area contributed by atoms with Crippen molar-refractivity contribution in [2.24, 2.45) is 12.8 Å². The Kier molecular flexibility index (Phi) is 3.59. The van der Waals surface area contributed by atoms with Crippen LogP contribution in [0.1, 0.15) is 5.56 Å². The minimum atomic E-state index is -0.320. The molecule has 0 unspecified atom stereocenters. The lowest BCUT2D eigenvalue weighted by Crippen LogP contribution is -2.22. The van der Waals surface area contributed by atoms with Gasteiger partial charge in [-0.25, -0.2) is 4.79 Å². The number of nitrogens with one attached hydrogen (secondary N) is 2.